The lowest BCUT2D eigenvalue weighted by molar-refractivity contribution is 0.0806. The lowest BCUT2D eigenvalue weighted by Gasteiger charge is -2.23. The van der Waals surface area contributed by atoms with Gasteiger partial charge in [-0.15, -0.1) is 0 Å². The fourth-order valence-corrected chi connectivity index (χ4v) is 3.35. The molecular formula is C17H16N2O3. The van der Waals surface area contributed by atoms with Crippen LogP contribution in [-0.2, 0) is 0 Å². The molecule has 1 aliphatic carbocycles. The van der Waals surface area contributed by atoms with Crippen molar-refractivity contribution in [3.8, 4) is 11.5 Å². The SMILES string of the molecule is COc1cc2c(cc1O)N=CC1CC3=C(C=CCC3)N1C2=O. The van der Waals surface area contributed by atoms with Crippen molar-refractivity contribution in [1.29, 1.82) is 0 Å². The molecule has 3 aliphatic rings. The van der Waals surface area contributed by atoms with Crippen molar-refractivity contribution in [2.45, 2.75) is 25.3 Å². The van der Waals surface area contributed by atoms with Crippen LogP contribution >= 0.6 is 0 Å². The van der Waals surface area contributed by atoms with E-state index in [9.17, 15) is 9.90 Å². The van der Waals surface area contributed by atoms with Crippen LogP contribution in [0.2, 0.25) is 0 Å². The summed E-state index contributed by atoms with van der Waals surface area (Å²) in [6, 6.07) is 3.01. The van der Waals surface area contributed by atoms with Crippen LogP contribution < -0.4 is 4.74 Å². The molecule has 1 atom stereocenters. The first kappa shape index (κ1) is 13.1. The predicted molar refractivity (Wildman–Crippen MR) is 82.8 cm³/mol. The molecule has 1 aromatic carbocycles. The van der Waals surface area contributed by atoms with Crippen molar-refractivity contribution < 1.29 is 14.6 Å². The molecule has 0 bridgehead atoms. The zero-order valence-electron chi connectivity index (χ0n) is 12.2. The smallest absolute Gasteiger partial charge is 0.261 e. The Morgan fingerprint density at radius 2 is 2.27 bits per heavy atom. The molecule has 112 valence electrons. The fourth-order valence-electron chi connectivity index (χ4n) is 3.35. The number of carbonyl (C=O) groups excluding carboxylic acids is 1. The summed E-state index contributed by atoms with van der Waals surface area (Å²) in [6.07, 6.45) is 8.82. The molecule has 5 nitrogen and oxygen atoms in total. The van der Waals surface area contributed by atoms with Crippen LogP contribution in [0.4, 0.5) is 5.69 Å². The number of ether oxygens (including phenoxy) is 1. The van der Waals surface area contributed by atoms with Crippen molar-refractivity contribution in [2.75, 3.05) is 7.11 Å². The van der Waals surface area contributed by atoms with Gasteiger partial charge in [-0.05, 0) is 37.0 Å². The van der Waals surface area contributed by atoms with Crippen molar-refractivity contribution in [3.05, 3.63) is 41.1 Å². The molecule has 0 radical (unpaired) electrons. The lowest BCUT2D eigenvalue weighted by atomic mass is 10.0. The minimum absolute atomic E-state index is 0.00859. The molecule has 2 aliphatic heterocycles. The van der Waals surface area contributed by atoms with Crippen LogP contribution in [0.5, 0.6) is 11.5 Å². The summed E-state index contributed by atoms with van der Waals surface area (Å²) in [7, 11) is 1.47. The molecule has 4 rings (SSSR count). The Balaban J connectivity index is 1.84. The largest absolute Gasteiger partial charge is 0.504 e. The maximum Gasteiger partial charge on any atom is 0.261 e. The summed E-state index contributed by atoms with van der Waals surface area (Å²) < 4.78 is 5.12. The summed E-state index contributed by atoms with van der Waals surface area (Å²) in [5, 5.41) is 9.89. The molecule has 0 saturated heterocycles. The van der Waals surface area contributed by atoms with Crippen molar-refractivity contribution in [2.24, 2.45) is 4.99 Å². The van der Waals surface area contributed by atoms with Crippen LogP contribution in [0, 0.1) is 0 Å². The topological polar surface area (TPSA) is 62.1 Å². The molecule has 22 heavy (non-hydrogen) atoms. The number of phenols is 1. The number of allylic oxidation sites excluding steroid dienone is 2. The average Bonchev–Trinajstić information content (AvgIpc) is 2.84. The van der Waals surface area contributed by atoms with E-state index in [0.29, 0.717) is 11.3 Å². The van der Waals surface area contributed by atoms with Crippen LogP contribution in [0.3, 0.4) is 0 Å². The van der Waals surface area contributed by atoms with Gasteiger partial charge in [-0.1, -0.05) is 6.08 Å². The van der Waals surface area contributed by atoms with E-state index in [4.69, 9.17) is 4.74 Å². The first-order chi connectivity index (χ1) is 10.7. The molecule has 1 aromatic rings. The zero-order chi connectivity index (χ0) is 15.3. The van der Waals surface area contributed by atoms with E-state index in [1.807, 2.05) is 17.2 Å². The number of aliphatic imine (C=N–C) groups is 1. The second-order valence-electron chi connectivity index (χ2n) is 5.70. The van der Waals surface area contributed by atoms with Gasteiger partial charge in [0.05, 0.1) is 24.4 Å². The normalized spacial score (nSPS) is 22.3. The summed E-state index contributed by atoms with van der Waals surface area (Å²) >= 11 is 0. The summed E-state index contributed by atoms with van der Waals surface area (Å²) in [6.45, 7) is 0. The minimum atomic E-state index is -0.0904. The number of hydrogen-bond donors (Lipinski definition) is 1. The fraction of sp³-hybridized carbons (Fsp3) is 0.294. The van der Waals surface area contributed by atoms with E-state index in [2.05, 4.69) is 11.1 Å². The van der Waals surface area contributed by atoms with Gasteiger partial charge in [-0.25, -0.2) is 0 Å². The average molecular weight is 296 g/mol. The molecule has 0 saturated carbocycles. The van der Waals surface area contributed by atoms with Gasteiger partial charge in [0.25, 0.3) is 5.91 Å². The standard InChI is InChI=1S/C17H16N2O3/c1-22-16-7-12-13(8-15(16)20)18-9-11-6-10-4-2-3-5-14(10)19(11)17(12)21/h3,5,7-9,11,20H,2,4,6H2,1H3. The maximum atomic E-state index is 13.0. The number of hydrogen-bond acceptors (Lipinski definition) is 4. The van der Waals surface area contributed by atoms with E-state index in [-0.39, 0.29) is 23.4 Å². The molecule has 0 fully saturated rings. The van der Waals surface area contributed by atoms with Gasteiger partial charge >= 0.3 is 0 Å². The Labute approximate surface area is 128 Å². The molecule has 1 unspecified atom stereocenters. The number of methoxy groups -OCH3 is 1. The number of amides is 1. The third kappa shape index (κ3) is 1.78. The predicted octanol–water partition coefficient (Wildman–Crippen LogP) is 2.94. The summed E-state index contributed by atoms with van der Waals surface area (Å²) in [5.74, 6) is 0.186. The van der Waals surface area contributed by atoms with Crippen LogP contribution in [0.25, 0.3) is 0 Å². The number of carbonyl (C=O) groups is 1. The van der Waals surface area contributed by atoms with E-state index in [1.165, 1.54) is 18.7 Å². The van der Waals surface area contributed by atoms with Crippen LogP contribution in [0.15, 0.2) is 40.5 Å². The highest BCUT2D eigenvalue weighted by molar-refractivity contribution is 6.05. The molecule has 5 heteroatoms. The number of fused-ring (bicyclic) bond motifs is 3. The Hall–Kier alpha value is -2.56. The first-order valence-electron chi connectivity index (χ1n) is 7.36. The van der Waals surface area contributed by atoms with Gasteiger partial charge in [0, 0.05) is 18.0 Å². The molecule has 0 spiro atoms. The molecule has 1 amide bonds. The van der Waals surface area contributed by atoms with E-state index < -0.39 is 0 Å². The first-order valence-corrected chi connectivity index (χ1v) is 7.36. The van der Waals surface area contributed by atoms with Gasteiger partial charge in [-0.2, -0.15) is 0 Å². The Kier molecular flexibility index (Phi) is 2.82. The number of phenolic OH excluding ortho intramolecular Hbond substituents is 1. The quantitative estimate of drug-likeness (QED) is 0.866. The van der Waals surface area contributed by atoms with Crippen molar-refractivity contribution in [3.63, 3.8) is 0 Å². The number of aromatic hydroxyl groups is 1. The van der Waals surface area contributed by atoms with Gasteiger partial charge in [0.15, 0.2) is 11.5 Å². The number of rotatable bonds is 1. The Morgan fingerprint density at radius 3 is 3.09 bits per heavy atom. The summed E-state index contributed by atoms with van der Waals surface area (Å²) in [4.78, 5) is 19.2. The van der Waals surface area contributed by atoms with Crippen molar-refractivity contribution in [1.82, 2.24) is 4.90 Å². The highest BCUT2D eigenvalue weighted by atomic mass is 16.5. The lowest BCUT2D eigenvalue weighted by Crippen LogP contribution is -2.35. The van der Waals surface area contributed by atoms with Crippen LogP contribution in [0.1, 0.15) is 29.6 Å². The van der Waals surface area contributed by atoms with Gasteiger partial charge in [-0.3, -0.25) is 14.7 Å². The van der Waals surface area contributed by atoms with E-state index in [0.717, 1.165) is 25.0 Å². The second-order valence-corrected chi connectivity index (χ2v) is 5.70. The number of benzene rings is 1. The molecule has 0 aromatic heterocycles. The van der Waals surface area contributed by atoms with Crippen molar-refractivity contribution >= 4 is 17.8 Å². The molecule has 2 heterocycles. The molecular weight excluding hydrogens is 280 g/mol. The highest BCUT2D eigenvalue weighted by Crippen LogP contribution is 2.41. The van der Waals surface area contributed by atoms with Gasteiger partial charge < -0.3 is 9.84 Å². The second kappa shape index (κ2) is 4.73. The molecule has 1 N–H and O–H groups in total. The minimum Gasteiger partial charge on any atom is -0.504 e. The van der Waals surface area contributed by atoms with Crippen LogP contribution in [-0.4, -0.2) is 35.3 Å². The Morgan fingerprint density at radius 1 is 1.41 bits per heavy atom. The third-order valence-electron chi connectivity index (χ3n) is 4.43. The van der Waals surface area contributed by atoms with Gasteiger partial charge in [0.2, 0.25) is 0 Å². The van der Waals surface area contributed by atoms with E-state index >= 15 is 0 Å². The third-order valence-corrected chi connectivity index (χ3v) is 4.43. The Bertz CT molecular complexity index is 761. The highest BCUT2D eigenvalue weighted by Gasteiger charge is 2.37. The monoisotopic (exact) mass is 296 g/mol. The zero-order valence-corrected chi connectivity index (χ0v) is 12.2. The van der Waals surface area contributed by atoms with Gasteiger partial charge in [0.1, 0.15) is 0 Å². The maximum absolute atomic E-state index is 13.0. The number of nitrogens with zero attached hydrogens (tertiary/aromatic N) is 2. The van der Waals surface area contributed by atoms with E-state index in [1.54, 1.807) is 6.07 Å². The summed E-state index contributed by atoms with van der Waals surface area (Å²) in [5.41, 5.74) is 3.27.